The second-order valence-electron chi connectivity index (χ2n) is 10.3. The van der Waals surface area contributed by atoms with Crippen molar-refractivity contribution in [1.82, 2.24) is 15.0 Å². The zero-order valence-corrected chi connectivity index (χ0v) is 23.6. The number of halogens is 1. The number of ether oxygens (including phenoxy) is 1. The molecule has 0 saturated carbocycles. The summed E-state index contributed by atoms with van der Waals surface area (Å²) in [7, 11) is -3.09. The Labute approximate surface area is 234 Å². The summed E-state index contributed by atoms with van der Waals surface area (Å²) in [5.74, 6) is 1.26. The first-order chi connectivity index (χ1) is 17.5. The minimum absolute atomic E-state index is 0. The summed E-state index contributed by atoms with van der Waals surface area (Å²) in [4.78, 5) is 18.8. The number of aliphatic hydroxyl groups excluding tert-OH is 1. The molecule has 1 spiro atoms. The lowest BCUT2D eigenvalue weighted by molar-refractivity contribution is 0.0973. The number of sulfone groups is 1. The number of nitrogens with two attached hydrogens (primary N) is 1. The highest BCUT2D eigenvalue weighted by Crippen LogP contribution is 2.43. The first-order valence-electron chi connectivity index (χ1n) is 12.4. The van der Waals surface area contributed by atoms with Gasteiger partial charge in [0.05, 0.1) is 35.3 Å². The highest BCUT2D eigenvalue weighted by atomic mass is 35.5. The van der Waals surface area contributed by atoms with E-state index in [1.807, 2.05) is 18.7 Å². The Hall–Kier alpha value is -1.70. The summed E-state index contributed by atoms with van der Waals surface area (Å²) in [5.41, 5.74) is 7.73. The van der Waals surface area contributed by atoms with Crippen LogP contribution in [-0.2, 0) is 21.2 Å². The molecular formula is C25H37ClN6O4S2. The maximum absolute atomic E-state index is 11.8. The largest absolute Gasteiger partial charge is 0.390 e. The van der Waals surface area contributed by atoms with Gasteiger partial charge in [0, 0.05) is 55.0 Å². The number of hydrogen-bond acceptors (Lipinski definition) is 11. The van der Waals surface area contributed by atoms with E-state index in [0.717, 1.165) is 36.5 Å². The molecule has 0 unspecified atom stereocenters. The van der Waals surface area contributed by atoms with Crippen LogP contribution in [0.4, 0.5) is 11.6 Å². The standard InChI is InChI=1S/C24H33ClN6O4S2.CH4/c1-14-23(36-18-4-7-27-22(19(18)25)31-10-16(11-31)37(3,33)34)29-17(12-32)21(28-14)30-8-5-24(6-9-30)13-35-15(2)20(24)26;/h4,7,15-16,20,32H,5-6,8-13,26H2,1-3H3;1H4/t15-,20+;/m0./s1. The Morgan fingerprint density at radius 3 is 2.50 bits per heavy atom. The zero-order chi connectivity index (χ0) is 26.5. The first kappa shape index (κ1) is 29.3. The number of anilines is 2. The molecule has 0 aromatic carbocycles. The van der Waals surface area contributed by atoms with Crippen molar-refractivity contribution in [2.75, 3.05) is 48.8 Å². The van der Waals surface area contributed by atoms with Crippen LogP contribution in [-0.4, -0.2) is 84.9 Å². The van der Waals surface area contributed by atoms with Gasteiger partial charge in [-0.05, 0) is 32.8 Å². The molecule has 5 rings (SSSR count). The summed E-state index contributed by atoms with van der Waals surface area (Å²) in [6, 6.07) is 1.83. The number of aromatic nitrogens is 3. The number of aryl methyl sites for hydroxylation is 1. The van der Waals surface area contributed by atoms with Crippen LogP contribution in [0.3, 0.4) is 0 Å². The van der Waals surface area contributed by atoms with Crippen LogP contribution in [0.2, 0.25) is 5.02 Å². The minimum Gasteiger partial charge on any atom is -0.390 e. The summed E-state index contributed by atoms with van der Waals surface area (Å²) in [6.07, 6.45) is 4.80. The number of piperidine rings is 1. The summed E-state index contributed by atoms with van der Waals surface area (Å²) >= 11 is 8.05. The lowest BCUT2D eigenvalue weighted by Gasteiger charge is -2.42. The molecule has 3 saturated heterocycles. The maximum atomic E-state index is 11.8. The van der Waals surface area contributed by atoms with Gasteiger partial charge in [0.2, 0.25) is 0 Å². The van der Waals surface area contributed by atoms with E-state index in [1.165, 1.54) is 18.0 Å². The van der Waals surface area contributed by atoms with E-state index in [2.05, 4.69) is 9.88 Å². The quantitative estimate of drug-likeness (QED) is 0.519. The molecular weight excluding hydrogens is 548 g/mol. The van der Waals surface area contributed by atoms with Crippen molar-refractivity contribution in [3.8, 4) is 0 Å². The Morgan fingerprint density at radius 1 is 1.24 bits per heavy atom. The molecule has 210 valence electrons. The van der Waals surface area contributed by atoms with Crippen molar-refractivity contribution in [3.63, 3.8) is 0 Å². The van der Waals surface area contributed by atoms with Crippen molar-refractivity contribution < 1.29 is 18.3 Å². The predicted molar refractivity (Wildman–Crippen MR) is 151 cm³/mol. The molecule has 3 aliphatic rings. The summed E-state index contributed by atoms with van der Waals surface area (Å²) in [6.45, 7) is 6.70. The van der Waals surface area contributed by atoms with Crippen LogP contribution in [0.5, 0.6) is 0 Å². The highest BCUT2D eigenvalue weighted by Gasteiger charge is 2.47. The predicted octanol–water partition coefficient (Wildman–Crippen LogP) is 2.68. The van der Waals surface area contributed by atoms with Crippen LogP contribution >= 0.6 is 23.4 Å². The van der Waals surface area contributed by atoms with Crippen LogP contribution in [0.15, 0.2) is 22.2 Å². The Balaban J connectivity index is 0.00000336. The zero-order valence-electron chi connectivity index (χ0n) is 21.2. The number of hydrogen-bond donors (Lipinski definition) is 2. The summed E-state index contributed by atoms with van der Waals surface area (Å²) in [5, 5.41) is 10.8. The molecule has 38 heavy (non-hydrogen) atoms. The number of pyridine rings is 1. The van der Waals surface area contributed by atoms with Gasteiger partial charge in [0.15, 0.2) is 15.7 Å². The second-order valence-corrected chi connectivity index (χ2v) is 14.1. The molecule has 0 aliphatic carbocycles. The van der Waals surface area contributed by atoms with E-state index in [9.17, 15) is 13.5 Å². The Kier molecular flexibility index (Phi) is 8.52. The van der Waals surface area contributed by atoms with E-state index in [-0.39, 0.29) is 31.6 Å². The van der Waals surface area contributed by atoms with Crippen molar-refractivity contribution >= 4 is 44.8 Å². The summed E-state index contributed by atoms with van der Waals surface area (Å²) < 4.78 is 29.4. The molecule has 3 fully saturated rings. The molecule has 10 nitrogen and oxygen atoms in total. The third-order valence-electron chi connectivity index (χ3n) is 7.93. The van der Waals surface area contributed by atoms with Gasteiger partial charge in [-0.25, -0.2) is 23.4 Å². The minimum atomic E-state index is -3.09. The molecule has 2 atom stereocenters. The molecule has 0 bridgehead atoms. The molecule has 2 aromatic rings. The van der Waals surface area contributed by atoms with E-state index >= 15 is 0 Å². The molecule has 3 N–H and O–H groups in total. The fraction of sp³-hybridized carbons (Fsp3) is 0.640. The van der Waals surface area contributed by atoms with Crippen molar-refractivity contribution in [2.45, 2.75) is 68.0 Å². The normalized spacial score (nSPS) is 23.4. The molecule has 3 aliphatic heterocycles. The molecule has 13 heteroatoms. The van der Waals surface area contributed by atoms with Gasteiger partial charge >= 0.3 is 0 Å². The lowest BCUT2D eigenvalue weighted by atomic mass is 9.73. The molecule has 0 amide bonds. The van der Waals surface area contributed by atoms with Gasteiger partial charge in [-0.2, -0.15) is 0 Å². The van der Waals surface area contributed by atoms with Gasteiger partial charge in [-0.3, -0.25) is 0 Å². The third-order valence-corrected chi connectivity index (χ3v) is 11.1. The monoisotopic (exact) mass is 584 g/mol. The van der Waals surface area contributed by atoms with E-state index in [1.54, 1.807) is 12.3 Å². The highest BCUT2D eigenvalue weighted by molar-refractivity contribution is 7.99. The van der Waals surface area contributed by atoms with Gasteiger partial charge in [0.1, 0.15) is 16.5 Å². The third kappa shape index (κ3) is 5.35. The fourth-order valence-electron chi connectivity index (χ4n) is 5.32. The second kappa shape index (κ2) is 11.1. The lowest BCUT2D eigenvalue weighted by Crippen LogP contribution is -2.55. The average Bonchev–Trinajstić information content (AvgIpc) is 3.09. The van der Waals surface area contributed by atoms with Gasteiger partial charge in [-0.15, -0.1) is 0 Å². The number of aliphatic hydroxyl groups is 1. The van der Waals surface area contributed by atoms with Crippen LogP contribution < -0.4 is 15.5 Å². The Morgan fingerprint density at radius 2 is 1.92 bits per heavy atom. The smallest absolute Gasteiger partial charge is 0.153 e. The van der Waals surface area contributed by atoms with Gasteiger partial charge in [0.25, 0.3) is 0 Å². The van der Waals surface area contributed by atoms with Gasteiger partial charge < -0.3 is 25.4 Å². The van der Waals surface area contributed by atoms with Crippen molar-refractivity contribution in [2.24, 2.45) is 11.1 Å². The van der Waals surface area contributed by atoms with Crippen LogP contribution in [0, 0.1) is 12.3 Å². The van der Waals surface area contributed by atoms with E-state index in [4.69, 9.17) is 32.0 Å². The first-order valence-corrected chi connectivity index (χ1v) is 15.5. The topological polar surface area (TPSA) is 135 Å². The SMILES string of the molecule is C.Cc1nc(N2CCC3(CC2)CO[C@@H](C)[C@H]3N)c(CO)nc1Sc1ccnc(N2CC(S(C)(=O)=O)C2)c1Cl. The van der Waals surface area contributed by atoms with E-state index < -0.39 is 15.1 Å². The van der Waals surface area contributed by atoms with Crippen LogP contribution in [0.1, 0.15) is 38.6 Å². The fourth-order valence-corrected chi connectivity index (χ4v) is 7.43. The van der Waals surface area contributed by atoms with Crippen LogP contribution in [0.25, 0.3) is 0 Å². The Bertz CT molecular complexity index is 1280. The molecule has 5 heterocycles. The molecule has 2 aromatic heterocycles. The average molecular weight is 585 g/mol. The van der Waals surface area contributed by atoms with Crippen molar-refractivity contribution in [1.29, 1.82) is 0 Å². The van der Waals surface area contributed by atoms with Crippen molar-refractivity contribution in [3.05, 3.63) is 28.7 Å². The molecule has 0 radical (unpaired) electrons. The van der Waals surface area contributed by atoms with Gasteiger partial charge in [-0.1, -0.05) is 30.8 Å². The van der Waals surface area contributed by atoms with E-state index in [0.29, 0.717) is 47.1 Å². The number of nitrogens with zero attached hydrogens (tertiary/aromatic N) is 5. The maximum Gasteiger partial charge on any atom is 0.153 e. The number of rotatable bonds is 6.